The molecular formula is C17H28F3N3O2. The first-order chi connectivity index (χ1) is 11.8. The molecule has 0 radical (unpaired) electrons. The number of aromatic nitrogens is 1. The lowest BCUT2D eigenvalue weighted by molar-refractivity contribution is -0.141. The van der Waals surface area contributed by atoms with Crippen LogP contribution in [0.15, 0.2) is 12.1 Å². The van der Waals surface area contributed by atoms with Gasteiger partial charge in [-0.05, 0) is 31.9 Å². The molecule has 2 unspecified atom stereocenters. The molecule has 0 spiro atoms. The third kappa shape index (κ3) is 8.83. The van der Waals surface area contributed by atoms with Crippen molar-refractivity contribution in [3.63, 3.8) is 0 Å². The Morgan fingerprint density at radius 1 is 1.36 bits per heavy atom. The number of methoxy groups -OCH3 is 1. The Hall–Kier alpha value is -1.67. The van der Waals surface area contributed by atoms with Gasteiger partial charge in [-0.2, -0.15) is 13.2 Å². The van der Waals surface area contributed by atoms with Crippen LogP contribution in [-0.2, 0) is 22.3 Å². The van der Waals surface area contributed by atoms with E-state index in [0.717, 1.165) is 18.0 Å². The molecule has 1 aliphatic rings. The summed E-state index contributed by atoms with van der Waals surface area (Å²) in [5.41, 5.74) is -0.681. The van der Waals surface area contributed by atoms with Gasteiger partial charge in [-0.1, -0.05) is 26.8 Å². The summed E-state index contributed by atoms with van der Waals surface area (Å²) >= 11 is 0. The molecule has 0 bridgehead atoms. The number of ether oxygens (including phenoxy) is 1. The molecular weight excluding hydrogens is 335 g/mol. The predicted octanol–water partition coefficient (Wildman–Crippen LogP) is 3.85. The average molecular weight is 363 g/mol. The minimum absolute atomic E-state index is 0.0707. The van der Waals surface area contributed by atoms with Crippen molar-refractivity contribution < 1.29 is 22.7 Å². The van der Waals surface area contributed by atoms with Crippen LogP contribution in [-0.4, -0.2) is 31.1 Å². The highest BCUT2D eigenvalue weighted by molar-refractivity contribution is 5.70. The lowest BCUT2D eigenvalue weighted by Crippen LogP contribution is -2.16. The van der Waals surface area contributed by atoms with Crippen molar-refractivity contribution in [2.24, 2.45) is 5.92 Å². The van der Waals surface area contributed by atoms with Crippen molar-refractivity contribution in [2.75, 3.05) is 19.0 Å². The molecule has 144 valence electrons. The number of hydrogen-bond acceptors (Lipinski definition) is 4. The number of nitrogens with one attached hydrogen (secondary N) is 2. The van der Waals surface area contributed by atoms with Crippen molar-refractivity contribution in [2.45, 2.75) is 52.9 Å². The van der Waals surface area contributed by atoms with Gasteiger partial charge in [-0.25, -0.2) is 4.98 Å². The first-order valence-electron chi connectivity index (χ1n) is 8.27. The van der Waals surface area contributed by atoms with Crippen molar-refractivity contribution in [1.82, 2.24) is 10.3 Å². The number of carbonyl (C=O) groups is 1. The molecule has 0 saturated carbocycles. The zero-order valence-electron chi connectivity index (χ0n) is 15.4. The van der Waals surface area contributed by atoms with E-state index < -0.39 is 11.9 Å². The Labute approximate surface area is 147 Å². The van der Waals surface area contributed by atoms with Gasteiger partial charge in [0.2, 0.25) is 6.41 Å². The lowest BCUT2D eigenvalue weighted by atomic mass is 10.1. The first-order valence-corrected chi connectivity index (χ1v) is 8.27. The molecule has 2 heterocycles. The van der Waals surface area contributed by atoms with Crippen LogP contribution < -0.4 is 10.6 Å². The molecule has 1 fully saturated rings. The zero-order valence-corrected chi connectivity index (χ0v) is 15.4. The number of pyridine rings is 1. The van der Waals surface area contributed by atoms with Gasteiger partial charge in [0.15, 0.2) is 0 Å². The fraction of sp³-hybridized carbons (Fsp3) is 0.647. The van der Waals surface area contributed by atoms with Crippen LogP contribution in [0.2, 0.25) is 0 Å². The largest absolute Gasteiger partial charge is 0.433 e. The second kappa shape index (κ2) is 11.8. The number of carbonyl (C=O) groups excluding carboxylic acids is 1. The second-order valence-electron chi connectivity index (χ2n) is 5.55. The summed E-state index contributed by atoms with van der Waals surface area (Å²) in [4.78, 5) is 13.5. The number of hydrogen-bond donors (Lipinski definition) is 2. The van der Waals surface area contributed by atoms with E-state index in [0.29, 0.717) is 5.56 Å². The molecule has 1 amide bonds. The van der Waals surface area contributed by atoms with Crippen LogP contribution >= 0.6 is 0 Å². The van der Waals surface area contributed by atoms with Crippen LogP contribution in [0.4, 0.5) is 19.0 Å². The zero-order chi connectivity index (χ0) is 19.5. The molecule has 0 aliphatic carbocycles. The monoisotopic (exact) mass is 363 g/mol. The average Bonchev–Trinajstić information content (AvgIpc) is 2.94. The minimum atomic E-state index is -4.54. The molecule has 1 saturated heterocycles. The molecule has 8 heteroatoms. The van der Waals surface area contributed by atoms with Crippen LogP contribution in [0, 0.1) is 5.92 Å². The number of halogens is 3. The van der Waals surface area contributed by atoms with E-state index in [9.17, 15) is 18.0 Å². The molecule has 2 atom stereocenters. The Morgan fingerprint density at radius 2 is 2.00 bits per heavy atom. The summed E-state index contributed by atoms with van der Waals surface area (Å²) in [7, 11) is 1.39. The van der Waals surface area contributed by atoms with E-state index in [1.807, 2.05) is 13.8 Å². The van der Waals surface area contributed by atoms with E-state index in [4.69, 9.17) is 4.74 Å². The second-order valence-corrected chi connectivity index (χ2v) is 5.55. The summed E-state index contributed by atoms with van der Waals surface area (Å²) in [6.45, 7) is 9.82. The molecule has 2 N–H and O–H groups in total. The lowest BCUT2D eigenvalue weighted by Gasteiger charge is -2.10. The maximum Gasteiger partial charge on any atom is 0.433 e. The highest BCUT2D eigenvalue weighted by Gasteiger charge is 2.33. The summed E-state index contributed by atoms with van der Waals surface area (Å²) in [6.07, 6.45) is -2.91. The van der Waals surface area contributed by atoms with Gasteiger partial charge < -0.3 is 15.4 Å². The molecule has 5 nitrogen and oxygen atoms in total. The molecule has 1 aromatic rings. The van der Waals surface area contributed by atoms with Crippen molar-refractivity contribution in [3.8, 4) is 0 Å². The fourth-order valence-electron chi connectivity index (χ4n) is 2.27. The van der Waals surface area contributed by atoms with Crippen molar-refractivity contribution in [3.05, 3.63) is 23.4 Å². The van der Waals surface area contributed by atoms with Gasteiger partial charge in [0.1, 0.15) is 11.5 Å². The number of rotatable bonds is 4. The highest BCUT2D eigenvalue weighted by Crippen LogP contribution is 2.29. The topological polar surface area (TPSA) is 63.2 Å². The smallest absolute Gasteiger partial charge is 0.380 e. The Balaban J connectivity index is 0.000000530. The molecule has 2 rings (SSSR count). The normalized spacial score (nSPS) is 19.2. The Kier molecular flexibility index (Phi) is 11.0. The molecule has 0 aromatic carbocycles. The SMILES string of the molecule is CC.CC1CNC(C)C1.COCc1ccc(C(F)(F)F)nc1NC=O. The summed E-state index contributed by atoms with van der Waals surface area (Å²) < 4.78 is 41.7. The number of alkyl halides is 3. The Morgan fingerprint density at radius 3 is 2.36 bits per heavy atom. The van der Waals surface area contributed by atoms with E-state index >= 15 is 0 Å². The number of amides is 1. The minimum Gasteiger partial charge on any atom is -0.380 e. The van der Waals surface area contributed by atoms with Gasteiger partial charge in [0.05, 0.1) is 6.61 Å². The molecule has 1 aliphatic heterocycles. The van der Waals surface area contributed by atoms with Crippen LogP contribution in [0.3, 0.4) is 0 Å². The van der Waals surface area contributed by atoms with Gasteiger partial charge in [-0.3, -0.25) is 4.79 Å². The quantitative estimate of drug-likeness (QED) is 0.798. The third-order valence-electron chi connectivity index (χ3n) is 3.34. The molecule has 1 aromatic heterocycles. The summed E-state index contributed by atoms with van der Waals surface area (Å²) in [6, 6.07) is 2.82. The number of nitrogens with zero attached hydrogens (tertiary/aromatic N) is 1. The standard InChI is InChI=1S/C9H9F3N2O2.C6H13N.C2H6/c1-16-4-6-2-3-7(9(10,11)12)14-8(6)13-5-15;1-5-3-6(2)7-4-5;1-2/h2-3,5H,4H2,1H3,(H,13,14,15);5-7H,3-4H2,1-2H3;1-2H3. The van der Waals surface area contributed by atoms with E-state index in [1.165, 1.54) is 26.1 Å². The van der Waals surface area contributed by atoms with Gasteiger partial charge >= 0.3 is 6.18 Å². The van der Waals surface area contributed by atoms with Gasteiger partial charge in [0.25, 0.3) is 0 Å². The van der Waals surface area contributed by atoms with Crippen LogP contribution in [0.5, 0.6) is 0 Å². The summed E-state index contributed by atoms with van der Waals surface area (Å²) in [5.74, 6) is 0.765. The van der Waals surface area contributed by atoms with E-state index in [2.05, 4.69) is 29.5 Å². The first kappa shape index (κ1) is 23.3. The van der Waals surface area contributed by atoms with Crippen molar-refractivity contribution in [1.29, 1.82) is 0 Å². The predicted molar refractivity (Wildman–Crippen MR) is 92.2 cm³/mol. The maximum absolute atomic E-state index is 12.3. The number of anilines is 1. The van der Waals surface area contributed by atoms with E-state index in [1.54, 1.807) is 0 Å². The molecule has 25 heavy (non-hydrogen) atoms. The highest BCUT2D eigenvalue weighted by atomic mass is 19.4. The fourth-order valence-corrected chi connectivity index (χ4v) is 2.27. The van der Waals surface area contributed by atoms with E-state index in [-0.39, 0.29) is 18.8 Å². The Bertz CT molecular complexity index is 502. The third-order valence-corrected chi connectivity index (χ3v) is 3.34. The van der Waals surface area contributed by atoms with Crippen LogP contribution in [0.1, 0.15) is 45.4 Å². The van der Waals surface area contributed by atoms with Gasteiger partial charge in [0, 0.05) is 18.7 Å². The van der Waals surface area contributed by atoms with Crippen molar-refractivity contribution >= 4 is 12.2 Å². The van der Waals surface area contributed by atoms with Gasteiger partial charge in [-0.15, -0.1) is 0 Å². The summed E-state index contributed by atoms with van der Waals surface area (Å²) in [5, 5.41) is 5.47. The van der Waals surface area contributed by atoms with Crippen LogP contribution in [0.25, 0.3) is 0 Å². The maximum atomic E-state index is 12.3.